The fraction of sp³-hybridized carbons (Fsp3) is 0.385. The summed E-state index contributed by atoms with van der Waals surface area (Å²) in [5.41, 5.74) is -0.582. The lowest BCUT2D eigenvalue weighted by Crippen LogP contribution is -2.45. The Kier molecular flexibility index (Phi) is 7.61. The molecule has 1 fully saturated rings. The maximum atomic E-state index is 14.6. The van der Waals surface area contributed by atoms with Crippen molar-refractivity contribution in [1.82, 2.24) is 19.9 Å². The number of pyridine rings is 1. The van der Waals surface area contributed by atoms with Gasteiger partial charge in [-0.15, -0.1) is 0 Å². The Hall–Kier alpha value is -4.20. The summed E-state index contributed by atoms with van der Waals surface area (Å²) < 4.78 is 62.0. The first-order valence-corrected chi connectivity index (χ1v) is 12.8. The van der Waals surface area contributed by atoms with Gasteiger partial charge in [0.15, 0.2) is 29.8 Å². The molecule has 0 unspecified atom stereocenters. The molecule has 3 aromatic rings. The number of halogens is 4. The standard InChI is InChI=1S/C26H28F4N8O2/c1-3-8-38-22(39)15-40-20-6-7-21(34-24(20)38)33-23-18(27)14-31-25(35-23)32-16-4-5-19(17(13-16)26(28,29)30)37-11-9-36(2)10-12-37/h4-7,13-14H,3,8-12,15H2,1-2H3,(H2,31,32,33,34,35). The lowest BCUT2D eigenvalue weighted by Gasteiger charge is -2.35. The number of nitrogens with one attached hydrogen (secondary N) is 2. The van der Waals surface area contributed by atoms with E-state index in [0.717, 1.165) is 12.3 Å². The zero-order valence-corrected chi connectivity index (χ0v) is 21.9. The molecule has 5 rings (SSSR count). The van der Waals surface area contributed by atoms with Gasteiger partial charge in [-0.25, -0.2) is 14.4 Å². The first-order valence-electron chi connectivity index (χ1n) is 12.8. The van der Waals surface area contributed by atoms with Gasteiger partial charge in [-0.1, -0.05) is 6.92 Å². The molecule has 2 aromatic heterocycles. The Morgan fingerprint density at radius 2 is 1.82 bits per heavy atom. The number of amides is 1. The van der Waals surface area contributed by atoms with E-state index in [1.807, 2.05) is 14.0 Å². The van der Waals surface area contributed by atoms with E-state index in [1.54, 1.807) is 17.0 Å². The van der Waals surface area contributed by atoms with Crippen LogP contribution < -0.4 is 25.2 Å². The van der Waals surface area contributed by atoms with Gasteiger partial charge in [-0.05, 0) is 43.8 Å². The van der Waals surface area contributed by atoms with Gasteiger partial charge in [0.1, 0.15) is 5.82 Å². The van der Waals surface area contributed by atoms with Gasteiger partial charge in [0.2, 0.25) is 5.95 Å². The second kappa shape index (κ2) is 11.1. The Morgan fingerprint density at radius 3 is 2.55 bits per heavy atom. The highest BCUT2D eigenvalue weighted by Crippen LogP contribution is 2.39. The van der Waals surface area contributed by atoms with Gasteiger partial charge in [-0.3, -0.25) is 9.69 Å². The first kappa shape index (κ1) is 27.4. The lowest BCUT2D eigenvalue weighted by atomic mass is 10.1. The van der Waals surface area contributed by atoms with Crippen LogP contribution in [0.4, 0.5) is 52.3 Å². The molecule has 2 N–H and O–H groups in total. The van der Waals surface area contributed by atoms with Gasteiger partial charge in [0, 0.05) is 44.1 Å². The average Bonchev–Trinajstić information content (AvgIpc) is 2.92. The monoisotopic (exact) mass is 560 g/mol. The number of nitrogens with zero attached hydrogens (tertiary/aromatic N) is 6. The van der Waals surface area contributed by atoms with E-state index in [0.29, 0.717) is 50.7 Å². The SMILES string of the molecule is CCCN1C(=O)COc2ccc(Nc3nc(Nc4ccc(N5CCN(C)CC5)c(C(F)(F)F)c4)ncc3F)nc21. The molecule has 1 saturated heterocycles. The number of alkyl halides is 3. The number of piperazine rings is 1. The average molecular weight is 561 g/mol. The van der Waals surface area contributed by atoms with Crippen LogP contribution in [0.15, 0.2) is 36.5 Å². The third kappa shape index (κ3) is 5.86. The normalized spacial score (nSPS) is 16.0. The van der Waals surface area contributed by atoms with Crippen molar-refractivity contribution in [1.29, 1.82) is 0 Å². The molecule has 0 atom stereocenters. The van der Waals surface area contributed by atoms with Crippen molar-refractivity contribution in [3.05, 3.63) is 47.9 Å². The summed E-state index contributed by atoms with van der Waals surface area (Å²) in [6, 6.07) is 7.07. The molecule has 0 radical (unpaired) electrons. The van der Waals surface area contributed by atoms with Crippen LogP contribution >= 0.6 is 0 Å². The molecule has 2 aliphatic heterocycles. The first-order chi connectivity index (χ1) is 19.1. The molecular formula is C26H28F4N8O2. The van der Waals surface area contributed by atoms with Crippen LogP contribution in [-0.4, -0.2) is 72.1 Å². The number of likely N-dealkylation sites (N-methyl/N-ethyl adjacent to an activating group) is 1. The van der Waals surface area contributed by atoms with Crippen LogP contribution in [-0.2, 0) is 11.0 Å². The number of benzene rings is 1. The number of anilines is 6. The third-order valence-corrected chi connectivity index (χ3v) is 6.59. The van der Waals surface area contributed by atoms with E-state index in [-0.39, 0.29) is 41.5 Å². The summed E-state index contributed by atoms with van der Waals surface area (Å²) in [6.07, 6.45) is -2.98. The van der Waals surface area contributed by atoms with E-state index < -0.39 is 17.6 Å². The maximum absolute atomic E-state index is 14.6. The Bertz CT molecular complexity index is 1400. The predicted octanol–water partition coefficient (Wildman–Crippen LogP) is 4.40. The molecule has 2 aliphatic rings. The largest absolute Gasteiger partial charge is 0.480 e. The lowest BCUT2D eigenvalue weighted by molar-refractivity contribution is -0.137. The van der Waals surface area contributed by atoms with Crippen molar-refractivity contribution in [3.63, 3.8) is 0 Å². The minimum absolute atomic E-state index is 0.0938. The number of fused-ring (bicyclic) bond motifs is 1. The molecule has 0 saturated carbocycles. The number of ether oxygens (including phenoxy) is 1. The molecule has 14 heteroatoms. The number of aromatic nitrogens is 3. The van der Waals surface area contributed by atoms with E-state index in [1.165, 1.54) is 17.0 Å². The number of carbonyl (C=O) groups excluding carboxylic acids is 1. The maximum Gasteiger partial charge on any atom is 0.418 e. The van der Waals surface area contributed by atoms with Crippen molar-refractivity contribution < 1.29 is 27.1 Å². The van der Waals surface area contributed by atoms with Crippen molar-refractivity contribution in [2.75, 3.05) is 66.8 Å². The van der Waals surface area contributed by atoms with E-state index in [4.69, 9.17) is 4.74 Å². The molecule has 1 amide bonds. The van der Waals surface area contributed by atoms with Gasteiger partial charge in [0.25, 0.3) is 5.91 Å². The predicted molar refractivity (Wildman–Crippen MR) is 142 cm³/mol. The summed E-state index contributed by atoms with van der Waals surface area (Å²) in [5, 5.41) is 5.49. The highest BCUT2D eigenvalue weighted by atomic mass is 19.4. The second-order valence-electron chi connectivity index (χ2n) is 9.51. The minimum Gasteiger partial charge on any atom is -0.480 e. The van der Waals surface area contributed by atoms with Crippen molar-refractivity contribution in [2.45, 2.75) is 19.5 Å². The van der Waals surface area contributed by atoms with Crippen LogP contribution in [0.1, 0.15) is 18.9 Å². The number of carbonyl (C=O) groups is 1. The minimum atomic E-state index is -4.58. The zero-order valence-electron chi connectivity index (χ0n) is 21.9. The molecule has 0 spiro atoms. The van der Waals surface area contributed by atoms with Crippen molar-refractivity contribution >= 4 is 40.7 Å². The third-order valence-electron chi connectivity index (χ3n) is 6.59. The van der Waals surface area contributed by atoms with Gasteiger partial charge < -0.3 is 25.2 Å². The Morgan fingerprint density at radius 1 is 1.05 bits per heavy atom. The fourth-order valence-corrected chi connectivity index (χ4v) is 4.53. The van der Waals surface area contributed by atoms with E-state index in [2.05, 4.69) is 30.5 Å². The summed E-state index contributed by atoms with van der Waals surface area (Å²) in [4.78, 5) is 29.9. The van der Waals surface area contributed by atoms with Gasteiger partial charge >= 0.3 is 6.18 Å². The summed E-state index contributed by atoms with van der Waals surface area (Å²) in [6.45, 7) is 4.56. The summed E-state index contributed by atoms with van der Waals surface area (Å²) in [7, 11) is 1.93. The fourth-order valence-electron chi connectivity index (χ4n) is 4.53. The van der Waals surface area contributed by atoms with Gasteiger partial charge in [0.05, 0.1) is 11.8 Å². The van der Waals surface area contributed by atoms with Gasteiger partial charge in [-0.2, -0.15) is 18.2 Å². The van der Waals surface area contributed by atoms with Crippen LogP contribution in [0.25, 0.3) is 0 Å². The summed E-state index contributed by atoms with van der Waals surface area (Å²) in [5.74, 6) is -0.494. The van der Waals surface area contributed by atoms with Crippen LogP contribution in [0.3, 0.4) is 0 Å². The van der Waals surface area contributed by atoms with E-state index >= 15 is 0 Å². The van der Waals surface area contributed by atoms with Crippen LogP contribution in [0.2, 0.25) is 0 Å². The molecule has 4 heterocycles. The van der Waals surface area contributed by atoms with Crippen LogP contribution in [0.5, 0.6) is 5.75 Å². The van der Waals surface area contributed by atoms with Crippen LogP contribution in [0, 0.1) is 5.82 Å². The molecule has 10 nitrogen and oxygen atoms in total. The second-order valence-corrected chi connectivity index (χ2v) is 9.51. The Balaban J connectivity index is 1.38. The molecule has 40 heavy (non-hydrogen) atoms. The number of hydrogen-bond donors (Lipinski definition) is 2. The summed E-state index contributed by atoms with van der Waals surface area (Å²) >= 11 is 0. The molecule has 1 aromatic carbocycles. The highest BCUT2D eigenvalue weighted by Gasteiger charge is 2.36. The number of rotatable bonds is 7. The molecule has 0 aliphatic carbocycles. The molecule has 212 valence electrons. The highest BCUT2D eigenvalue weighted by molar-refractivity contribution is 5.96. The quantitative estimate of drug-likeness (QED) is 0.408. The Labute approximate surface area is 228 Å². The molecule has 0 bridgehead atoms. The van der Waals surface area contributed by atoms with Crippen molar-refractivity contribution in [2.24, 2.45) is 0 Å². The topological polar surface area (TPSA) is 98.7 Å². The molecular weight excluding hydrogens is 532 g/mol. The van der Waals surface area contributed by atoms with E-state index in [9.17, 15) is 22.4 Å². The zero-order chi connectivity index (χ0) is 28.4. The van der Waals surface area contributed by atoms with Crippen molar-refractivity contribution in [3.8, 4) is 5.75 Å². The smallest absolute Gasteiger partial charge is 0.418 e. The number of hydrogen-bond acceptors (Lipinski definition) is 9.